The van der Waals surface area contributed by atoms with Crippen molar-refractivity contribution in [3.63, 3.8) is 0 Å². The molecule has 0 fully saturated rings. The van der Waals surface area contributed by atoms with Crippen molar-refractivity contribution in [2.45, 2.75) is 13.3 Å². The van der Waals surface area contributed by atoms with Gasteiger partial charge in [0.25, 0.3) is 0 Å². The highest BCUT2D eigenvalue weighted by Crippen LogP contribution is 2.11. The third kappa shape index (κ3) is 4.99. The molecule has 0 amide bonds. The van der Waals surface area contributed by atoms with Gasteiger partial charge in [0.15, 0.2) is 6.19 Å². The summed E-state index contributed by atoms with van der Waals surface area (Å²) in [5.74, 6) is 1.43. The zero-order valence-electron chi connectivity index (χ0n) is 13.9. The van der Waals surface area contributed by atoms with Crippen molar-refractivity contribution in [3.05, 3.63) is 54.2 Å². The van der Waals surface area contributed by atoms with Gasteiger partial charge in [-0.05, 0) is 37.1 Å². The summed E-state index contributed by atoms with van der Waals surface area (Å²) in [5, 5.41) is 17.1. The Morgan fingerprint density at radius 3 is 2.58 bits per heavy atom. The average molecular weight is 323 g/mol. The van der Waals surface area contributed by atoms with Crippen LogP contribution >= 0.6 is 0 Å². The summed E-state index contributed by atoms with van der Waals surface area (Å²) in [6, 6.07) is 12.8. The summed E-state index contributed by atoms with van der Waals surface area (Å²) >= 11 is 0. The predicted octanol–water partition coefficient (Wildman–Crippen LogP) is 3.01. The first kappa shape index (κ1) is 17.3. The molecule has 0 saturated carbocycles. The van der Waals surface area contributed by atoms with Gasteiger partial charge in [-0.3, -0.25) is 5.41 Å². The van der Waals surface area contributed by atoms with E-state index in [-0.39, 0.29) is 6.02 Å². The topological polar surface area (TPSA) is 76.2 Å². The van der Waals surface area contributed by atoms with Crippen LogP contribution in [0.25, 0.3) is 0 Å². The largest absolute Gasteiger partial charge is 0.425 e. The molecule has 1 N–H and O–H groups in total. The molecule has 0 bridgehead atoms. The highest BCUT2D eigenvalue weighted by atomic mass is 16.5. The molecule has 6 heteroatoms. The number of pyridine rings is 1. The van der Waals surface area contributed by atoms with Gasteiger partial charge in [0, 0.05) is 26.3 Å². The van der Waals surface area contributed by atoms with Gasteiger partial charge in [-0.25, -0.2) is 9.88 Å². The second-order valence-electron chi connectivity index (χ2n) is 5.44. The Kier molecular flexibility index (Phi) is 6.15. The van der Waals surface area contributed by atoms with Crippen molar-refractivity contribution < 1.29 is 4.74 Å². The van der Waals surface area contributed by atoms with Crippen molar-refractivity contribution >= 4 is 11.8 Å². The van der Waals surface area contributed by atoms with Gasteiger partial charge in [-0.2, -0.15) is 5.26 Å². The lowest BCUT2D eigenvalue weighted by Gasteiger charge is -2.20. The average Bonchev–Trinajstić information content (AvgIpc) is 2.60. The molecule has 0 spiro atoms. The predicted molar refractivity (Wildman–Crippen MR) is 94.0 cm³/mol. The molecule has 0 saturated heterocycles. The number of nitriles is 1. The van der Waals surface area contributed by atoms with Crippen molar-refractivity contribution in [3.8, 4) is 11.9 Å². The van der Waals surface area contributed by atoms with E-state index in [9.17, 15) is 5.26 Å². The van der Waals surface area contributed by atoms with Crippen LogP contribution in [0, 0.1) is 23.8 Å². The van der Waals surface area contributed by atoms with E-state index >= 15 is 0 Å². The van der Waals surface area contributed by atoms with E-state index in [0.29, 0.717) is 18.7 Å². The number of aromatic nitrogens is 1. The van der Waals surface area contributed by atoms with Gasteiger partial charge < -0.3 is 9.64 Å². The minimum absolute atomic E-state index is 0.167. The number of nitrogens with one attached hydrogen (secondary N) is 1. The molecule has 2 rings (SSSR count). The molecule has 1 heterocycles. The maximum absolute atomic E-state index is 9.22. The number of rotatable bonds is 6. The van der Waals surface area contributed by atoms with Gasteiger partial charge in [0.1, 0.15) is 11.6 Å². The van der Waals surface area contributed by atoms with Crippen LogP contribution in [0.3, 0.4) is 0 Å². The van der Waals surface area contributed by atoms with Crippen LogP contribution < -0.4 is 9.64 Å². The Labute approximate surface area is 142 Å². The van der Waals surface area contributed by atoms with Crippen molar-refractivity contribution in [2.24, 2.45) is 0 Å². The number of para-hydroxylation sites is 1. The summed E-state index contributed by atoms with van der Waals surface area (Å²) < 4.78 is 5.38. The fraction of sp³-hybridized carbons (Fsp3) is 0.278. The van der Waals surface area contributed by atoms with E-state index in [0.717, 1.165) is 17.9 Å². The number of hydrogen-bond acceptors (Lipinski definition) is 5. The second-order valence-corrected chi connectivity index (χ2v) is 5.44. The summed E-state index contributed by atoms with van der Waals surface area (Å²) in [6.07, 6.45) is 4.53. The van der Waals surface area contributed by atoms with Gasteiger partial charge in [-0.1, -0.05) is 24.3 Å². The zero-order chi connectivity index (χ0) is 17.4. The highest BCUT2D eigenvalue weighted by Gasteiger charge is 2.12. The minimum atomic E-state index is -0.167. The number of benzene rings is 1. The maximum Gasteiger partial charge on any atom is 0.303 e. The Balaban J connectivity index is 1.81. The molecule has 0 atom stereocenters. The number of amidine groups is 1. The first-order valence-electron chi connectivity index (χ1n) is 7.72. The molecule has 24 heavy (non-hydrogen) atoms. The van der Waals surface area contributed by atoms with Gasteiger partial charge in [0.2, 0.25) is 0 Å². The molecule has 2 aromatic rings. The molecule has 6 nitrogen and oxygen atoms in total. The SMILES string of the molecule is Cc1ccc(N(C)CCCN(C#N)C(=N)Oc2ccccc2)nc1. The zero-order valence-corrected chi connectivity index (χ0v) is 13.9. The number of ether oxygens (including phenoxy) is 1. The fourth-order valence-electron chi connectivity index (χ4n) is 2.12. The van der Waals surface area contributed by atoms with Crippen molar-refractivity contribution in [1.82, 2.24) is 9.88 Å². The summed E-state index contributed by atoms with van der Waals surface area (Å²) in [5.41, 5.74) is 1.12. The molecule has 0 aliphatic carbocycles. The first-order valence-corrected chi connectivity index (χ1v) is 7.72. The lowest BCUT2D eigenvalue weighted by Crippen LogP contribution is -2.32. The normalized spacial score (nSPS) is 9.88. The minimum Gasteiger partial charge on any atom is -0.425 e. The molecular weight excluding hydrogens is 302 g/mol. The van der Waals surface area contributed by atoms with Crippen LogP contribution in [-0.4, -0.2) is 36.0 Å². The van der Waals surface area contributed by atoms with Crippen LogP contribution in [0.2, 0.25) is 0 Å². The van der Waals surface area contributed by atoms with Crippen molar-refractivity contribution in [1.29, 1.82) is 10.7 Å². The van der Waals surface area contributed by atoms with Crippen LogP contribution in [0.1, 0.15) is 12.0 Å². The van der Waals surface area contributed by atoms with E-state index in [4.69, 9.17) is 10.1 Å². The lowest BCUT2D eigenvalue weighted by atomic mass is 10.3. The van der Waals surface area contributed by atoms with Gasteiger partial charge >= 0.3 is 6.02 Å². The fourth-order valence-corrected chi connectivity index (χ4v) is 2.12. The molecule has 0 aliphatic heterocycles. The summed E-state index contributed by atoms with van der Waals surface area (Å²) in [7, 11) is 1.96. The van der Waals surface area contributed by atoms with E-state index in [2.05, 4.69) is 4.98 Å². The Morgan fingerprint density at radius 1 is 1.21 bits per heavy atom. The quantitative estimate of drug-likeness (QED) is 0.383. The smallest absolute Gasteiger partial charge is 0.303 e. The van der Waals surface area contributed by atoms with E-state index in [1.54, 1.807) is 12.1 Å². The lowest BCUT2D eigenvalue weighted by molar-refractivity contribution is 0.412. The first-order chi connectivity index (χ1) is 11.6. The highest BCUT2D eigenvalue weighted by molar-refractivity contribution is 5.74. The third-order valence-corrected chi connectivity index (χ3v) is 3.49. The van der Waals surface area contributed by atoms with Crippen molar-refractivity contribution in [2.75, 3.05) is 25.0 Å². The monoisotopic (exact) mass is 323 g/mol. The number of aryl methyl sites for hydroxylation is 1. The van der Waals surface area contributed by atoms with Crippen LogP contribution in [-0.2, 0) is 0 Å². The van der Waals surface area contributed by atoms with E-state index < -0.39 is 0 Å². The Morgan fingerprint density at radius 2 is 1.96 bits per heavy atom. The number of nitrogens with zero attached hydrogens (tertiary/aromatic N) is 4. The van der Waals surface area contributed by atoms with Crippen LogP contribution in [0.4, 0.5) is 5.82 Å². The molecule has 0 unspecified atom stereocenters. The molecule has 1 aromatic carbocycles. The summed E-state index contributed by atoms with van der Waals surface area (Å²) in [6.45, 7) is 3.14. The maximum atomic E-state index is 9.22. The van der Waals surface area contributed by atoms with Crippen LogP contribution in [0.5, 0.6) is 5.75 Å². The molecule has 1 aromatic heterocycles. The van der Waals surface area contributed by atoms with E-state index in [1.165, 1.54) is 4.90 Å². The summed E-state index contributed by atoms with van der Waals surface area (Å²) in [4.78, 5) is 7.63. The molecular formula is C18H21N5O. The standard InChI is InChI=1S/C18H21N5O/c1-15-9-10-17(21-13-15)22(2)11-6-12-23(14-19)18(20)24-16-7-4-3-5-8-16/h3-5,7-10,13,20H,6,11-12H2,1-2H3. The Bertz CT molecular complexity index is 694. The Hall–Kier alpha value is -3.07. The number of hydrogen-bond donors (Lipinski definition) is 1. The second kappa shape index (κ2) is 8.53. The van der Waals surface area contributed by atoms with Gasteiger partial charge in [-0.15, -0.1) is 0 Å². The molecule has 0 radical (unpaired) electrons. The molecule has 124 valence electrons. The van der Waals surface area contributed by atoms with E-state index in [1.807, 2.05) is 61.6 Å². The molecule has 0 aliphatic rings. The number of anilines is 1. The van der Waals surface area contributed by atoms with Gasteiger partial charge in [0.05, 0.1) is 0 Å². The third-order valence-electron chi connectivity index (χ3n) is 3.49. The van der Waals surface area contributed by atoms with Crippen LogP contribution in [0.15, 0.2) is 48.7 Å².